The lowest BCUT2D eigenvalue weighted by molar-refractivity contribution is -0.116. The first-order valence-corrected chi connectivity index (χ1v) is 8.79. The van der Waals surface area contributed by atoms with Crippen LogP contribution in [0.15, 0.2) is 42.7 Å². The lowest BCUT2D eigenvalue weighted by atomic mass is 10.1. The minimum atomic E-state index is -0.338. The van der Waals surface area contributed by atoms with Crippen LogP contribution in [-0.4, -0.2) is 35.5 Å². The summed E-state index contributed by atoms with van der Waals surface area (Å²) in [7, 11) is 0. The molecule has 0 aliphatic rings. The molecular weight excluding hydrogens is 361 g/mol. The number of aromatic nitrogens is 6. The minimum Gasteiger partial charge on any atom is -0.326 e. The molecule has 1 aromatic carbocycles. The maximum atomic E-state index is 13.0. The monoisotopic (exact) mass is 379 g/mol. The Hall–Kier alpha value is -3.62. The van der Waals surface area contributed by atoms with Gasteiger partial charge >= 0.3 is 0 Å². The Morgan fingerprint density at radius 3 is 2.68 bits per heavy atom. The molecule has 0 spiro atoms. The molecule has 0 radical (unpaired) electrons. The number of fused-ring (bicyclic) bond motifs is 1. The van der Waals surface area contributed by atoms with E-state index in [9.17, 15) is 9.18 Å². The topological polar surface area (TPSA) is 90.0 Å². The third kappa shape index (κ3) is 3.46. The van der Waals surface area contributed by atoms with Crippen molar-refractivity contribution in [2.24, 2.45) is 0 Å². The van der Waals surface area contributed by atoms with E-state index in [1.54, 1.807) is 9.20 Å². The van der Waals surface area contributed by atoms with Crippen LogP contribution in [0.2, 0.25) is 0 Å². The van der Waals surface area contributed by atoms with Crippen molar-refractivity contribution in [1.82, 2.24) is 29.6 Å². The maximum absolute atomic E-state index is 13.0. The van der Waals surface area contributed by atoms with Gasteiger partial charge in [-0.05, 0) is 62.2 Å². The molecular formula is C19H18FN7O. The predicted molar refractivity (Wildman–Crippen MR) is 101 cm³/mol. The zero-order valence-electron chi connectivity index (χ0n) is 15.4. The molecule has 0 fully saturated rings. The van der Waals surface area contributed by atoms with Crippen molar-refractivity contribution in [2.45, 2.75) is 26.7 Å². The minimum absolute atomic E-state index is 0.137. The molecule has 0 aliphatic heterocycles. The number of carbonyl (C=O) groups excluding carboxylic acids is 1. The molecule has 0 unspecified atom stereocenters. The van der Waals surface area contributed by atoms with E-state index in [1.807, 2.05) is 26.0 Å². The highest BCUT2D eigenvalue weighted by Crippen LogP contribution is 2.19. The number of hydrogen-bond donors (Lipinski definition) is 1. The van der Waals surface area contributed by atoms with Gasteiger partial charge in [0.2, 0.25) is 5.91 Å². The quantitative estimate of drug-likeness (QED) is 0.576. The van der Waals surface area contributed by atoms with Crippen LogP contribution in [0.1, 0.15) is 23.4 Å². The summed E-state index contributed by atoms with van der Waals surface area (Å²) in [6.45, 7) is 3.86. The summed E-state index contributed by atoms with van der Waals surface area (Å²) in [5.74, 6) is 0.173. The van der Waals surface area contributed by atoms with Gasteiger partial charge in [-0.15, -0.1) is 15.3 Å². The molecule has 1 amide bonds. The van der Waals surface area contributed by atoms with E-state index in [0.29, 0.717) is 30.0 Å². The molecule has 3 heterocycles. The van der Waals surface area contributed by atoms with Crippen molar-refractivity contribution in [3.05, 3.63) is 65.5 Å². The molecule has 0 bridgehead atoms. The first-order chi connectivity index (χ1) is 13.5. The number of benzene rings is 1. The van der Waals surface area contributed by atoms with Gasteiger partial charge in [0.05, 0.1) is 5.69 Å². The standard InChI is InChI=1S/C19H18FN7O/c1-12-16(7-10-19(28)22-15-5-3-14(20)4-6-15)13(2)27(24-12)18-9-8-17-23-21-11-26(17)25-18/h3-6,8-9,11H,7,10H2,1-2H3,(H,22,28). The SMILES string of the molecule is Cc1nn(-c2ccc3nncn3n2)c(C)c1CCC(=O)Nc1ccc(F)cc1. The summed E-state index contributed by atoms with van der Waals surface area (Å²) in [6.07, 6.45) is 2.37. The van der Waals surface area contributed by atoms with Crippen LogP contribution < -0.4 is 5.32 Å². The van der Waals surface area contributed by atoms with Gasteiger partial charge in [0.1, 0.15) is 12.1 Å². The molecule has 3 aromatic heterocycles. The lowest BCUT2D eigenvalue weighted by Gasteiger charge is -2.06. The zero-order valence-corrected chi connectivity index (χ0v) is 15.4. The number of amides is 1. The summed E-state index contributed by atoms with van der Waals surface area (Å²) in [6, 6.07) is 9.35. The van der Waals surface area contributed by atoms with Crippen molar-refractivity contribution < 1.29 is 9.18 Å². The second kappa shape index (κ2) is 7.18. The van der Waals surface area contributed by atoms with E-state index in [-0.39, 0.29) is 11.7 Å². The van der Waals surface area contributed by atoms with Crippen molar-refractivity contribution in [3.63, 3.8) is 0 Å². The van der Waals surface area contributed by atoms with Crippen LogP contribution in [-0.2, 0) is 11.2 Å². The summed E-state index contributed by atoms with van der Waals surface area (Å²) in [5.41, 5.74) is 4.00. The molecule has 0 saturated heterocycles. The molecule has 0 saturated carbocycles. The largest absolute Gasteiger partial charge is 0.326 e. The van der Waals surface area contributed by atoms with Gasteiger partial charge in [0, 0.05) is 17.8 Å². The van der Waals surface area contributed by atoms with Crippen LogP contribution in [0.3, 0.4) is 0 Å². The van der Waals surface area contributed by atoms with Gasteiger partial charge < -0.3 is 5.32 Å². The fourth-order valence-electron chi connectivity index (χ4n) is 3.09. The average molecular weight is 379 g/mol. The van der Waals surface area contributed by atoms with Crippen LogP contribution >= 0.6 is 0 Å². The van der Waals surface area contributed by atoms with Gasteiger partial charge in [-0.25, -0.2) is 9.07 Å². The highest BCUT2D eigenvalue weighted by atomic mass is 19.1. The number of rotatable bonds is 5. The first kappa shape index (κ1) is 17.8. The highest BCUT2D eigenvalue weighted by Gasteiger charge is 2.15. The molecule has 0 atom stereocenters. The molecule has 142 valence electrons. The van der Waals surface area contributed by atoms with Gasteiger partial charge in [0.25, 0.3) is 0 Å². The third-order valence-electron chi connectivity index (χ3n) is 4.54. The Morgan fingerprint density at radius 2 is 1.89 bits per heavy atom. The van der Waals surface area contributed by atoms with Crippen molar-refractivity contribution in [1.29, 1.82) is 0 Å². The van der Waals surface area contributed by atoms with Gasteiger partial charge in [-0.3, -0.25) is 4.79 Å². The third-order valence-corrected chi connectivity index (χ3v) is 4.54. The van der Waals surface area contributed by atoms with E-state index >= 15 is 0 Å². The molecule has 1 N–H and O–H groups in total. The fourth-order valence-corrected chi connectivity index (χ4v) is 3.09. The normalized spacial score (nSPS) is 11.1. The number of nitrogens with zero attached hydrogens (tertiary/aromatic N) is 6. The van der Waals surface area contributed by atoms with Crippen molar-refractivity contribution in [3.8, 4) is 5.82 Å². The molecule has 0 aliphatic carbocycles. The van der Waals surface area contributed by atoms with Crippen LogP contribution in [0.25, 0.3) is 11.5 Å². The number of carbonyl (C=O) groups is 1. The summed E-state index contributed by atoms with van der Waals surface area (Å²) < 4.78 is 16.3. The van der Waals surface area contributed by atoms with Gasteiger partial charge in [-0.2, -0.15) is 9.61 Å². The fraction of sp³-hybridized carbons (Fsp3) is 0.211. The van der Waals surface area contributed by atoms with E-state index in [1.165, 1.54) is 30.6 Å². The Kier molecular flexibility index (Phi) is 4.56. The van der Waals surface area contributed by atoms with Gasteiger partial charge in [-0.1, -0.05) is 0 Å². The Balaban J connectivity index is 1.49. The molecule has 9 heteroatoms. The van der Waals surface area contributed by atoms with Crippen LogP contribution in [0, 0.1) is 19.7 Å². The summed E-state index contributed by atoms with van der Waals surface area (Å²) in [5, 5.41) is 19.6. The van der Waals surface area contributed by atoms with Crippen molar-refractivity contribution in [2.75, 3.05) is 5.32 Å². The average Bonchev–Trinajstić information content (AvgIpc) is 3.26. The van der Waals surface area contributed by atoms with Crippen molar-refractivity contribution >= 4 is 17.2 Å². The van der Waals surface area contributed by atoms with Crippen LogP contribution in [0.4, 0.5) is 10.1 Å². The molecule has 4 aromatic rings. The highest BCUT2D eigenvalue weighted by molar-refractivity contribution is 5.90. The van der Waals surface area contributed by atoms with E-state index < -0.39 is 0 Å². The Bertz CT molecular complexity index is 1150. The number of nitrogens with one attached hydrogen (secondary N) is 1. The first-order valence-electron chi connectivity index (χ1n) is 8.79. The number of halogens is 1. The smallest absolute Gasteiger partial charge is 0.224 e. The van der Waals surface area contributed by atoms with Gasteiger partial charge in [0.15, 0.2) is 11.5 Å². The van der Waals surface area contributed by atoms with E-state index in [2.05, 4.69) is 25.7 Å². The predicted octanol–water partition coefficient (Wildman–Crippen LogP) is 2.64. The summed E-state index contributed by atoms with van der Waals surface area (Å²) in [4.78, 5) is 12.2. The van der Waals surface area contributed by atoms with E-state index in [4.69, 9.17) is 0 Å². The maximum Gasteiger partial charge on any atom is 0.224 e. The zero-order chi connectivity index (χ0) is 19.7. The number of hydrogen-bond acceptors (Lipinski definition) is 5. The van der Waals surface area contributed by atoms with Crippen LogP contribution in [0.5, 0.6) is 0 Å². The Morgan fingerprint density at radius 1 is 1.11 bits per heavy atom. The Labute approximate surface area is 160 Å². The molecule has 4 rings (SSSR count). The second-order valence-corrected chi connectivity index (χ2v) is 6.44. The molecule has 8 nitrogen and oxygen atoms in total. The summed E-state index contributed by atoms with van der Waals surface area (Å²) >= 11 is 0. The van der Waals surface area contributed by atoms with E-state index in [0.717, 1.165) is 17.0 Å². The molecule has 28 heavy (non-hydrogen) atoms. The number of anilines is 1. The number of aryl methyl sites for hydroxylation is 1. The second-order valence-electron chi connectivity index (χ2n) is 6.44. The lowest BCUT2D eigenvalue weighted by Crippen LogP contribution is -2.12.